The van der Waals surface area contributed by atoms with Crippen LogP contribution in [-0.4, -0.2) is 60.9 Å². The third-order valence-electron chi connectivity index (χ3n) is 9.61. The van der Waals surface area contributed by atoms with E-state index in [2.05, 4.69) is 32.7 Å². The van der Waals surface area contributed by atoms with Crippen molar-refractivity contribution < 1.29 is 28.1 Å². The van der Waals surface area contributed by atoms with E-state index in [9.17, 15) is 9.59 Å². The first-order valence-corrected chi connectivity index (χ1v) is 13.4. The second-order valence-electron chi connectivity index (χ2n) is 11.8. The normalized spacial score (nSPS) is 32.2. The number of alkyl carbamates (subject to hydrolysis) is 1. The van der Waals surface area contributed by atoms with E-state index in [1.165, 1.54) is 6.08 Å². The molecule has 5 aliphatic rings. The monoisotopic (exact) mass is 506 g/mol. The maximum atomic E-state index is 13.0. The van der Waals surface area contributed by atoms with Crippen LogP contribution < -0.4 is 5.32 Å². The molecule has 2 saturated heterocycles. The Bertz CT molecular complexity index is 1230. The Labute approximate surface area is 217 Å². The molecular weight excluding hydrogens is 471 g/mol. The van der Waals surface area contributed by atoms with Crippen LogP contribution in [0.15, 0.2) is 47.6 Å². The molecule has 3 aliphatic carbocycles. The van der Waals surface area contributed by atoms with E-state index in [0.717, 1.165) is 35.8 Å². The Morgan fingerprint density at radius 1 is 1.30 bits per heavy atom. The Kier molecular flexibility index (Phi) is 5.91. The van der Waals surface area contributed by atoms with Gasteiger partial charge >= 0.3 is 13.2 Å². The van der Waals surface area contributed by atoms with Crippen molar-refractivity contribution in [2.24, 2.45) is 17.3 Å². The van der Waals surface area contributed by atoms with Crippen LogP contribution in [0.25, 0.3) is 11.0 Å². The summed E-state index contributed by atoms with van der Waals surface area (Å²) < 4.78 is 24.5. The number of para-hydroxylation sites is 1. The number of nitrogens with one attached hydrogen (secondary N) is 1. The Morgan fingerprint density at radius 2 is 2.11 bits per heavy atom. The standard InChI is InChI=1S/C28H35BN2O6/c1-5-25(32)31-11-10-19(31)16-35-26(33)30-24(12-17-15-34-21-9-7-6-8-20(17)21)29-36-23-14-18-13-22(27(18,2)3)28(23,4)37-29/h5-9,15,18-19,22-24H,1,10-14,16H2,2-4H3,(H,30,33)/t18-,19+,22-,23+,24-,28-/m0/s1. The SMILES string of the molecule is C=CC(=O)N1CC[C@@H]1COC(=O)N[C@@H](Cc1coc2ccccc12)B1O[C@@H]2C[C@@H]3C[C@@H](C3(C)C)[C@]2(C)O1. The van der Waals surface area contributed by atoms with Crippen LogP contribution in [0.1, 0.15) is 45.6 Å². The number of likely N-dealkylation sites (tertiary alicyclic amines) is 1. The van der Waals surface area contributed by atoms with Gasteiger partial charge < -0.3 is 28.7 Å². The van der Waals surface area contributed by atoms with Gasteiger partial charge in [-0.2, -0.15) is 0 Å². The average Bonchev–Trinajstić information content (AvgIpc) is 3.43. The number of hydrogen-bond donors (Lipinski definition) is 1. The molecule has 2 bridgehead atoms. The van der Waals surface area contributed by atoms with E-state index in [-0.39, 0.29) is 35.7 Å². The molecule has 0 radical (unpaired) electrons. The van der Waals surface area contributed by atoms with Gasteiger partial charge in [-0.25, -0.2) is 4.79 Å². The van der Waals surface area contributed by atoms with Gasteiger partial charge in [0.15, 0.2) is 0 Å². The first kappa shape index (κ1) is 24.6. The lowest BCUT2D eigenvalue weighted by Gasteiger charge is -2.64. The zero-order valence-corrected chi connectivity index (χ0v) is 21.8. The summed E-state index contributed by atoms with van der Waals surface area (Å²) in [5.41, 5.74) is 1.61. The van der Waals surface area contributed by atoms with Crippen molar-refractivity contribution in [1.82, 2.24) is 10.2 Å². The van der Waals surface area contributed by atoms with E-state index in [4.69, 9.17) is 18.5 Å². The third kappa shape index (κ3) is 3.98. The summed E-state index contributed by atoms with van der Waals surface area (Å²) in [4.78, 5) is 26.6. The van der Waals surface area contributed by atoms with Crippen LogP contribution in [0.2, 0.25) is 0 Å². The Hall–Kier alpha value is -2.78. The van der Waals surface area contributed by atoms with Gasteiger partial charge in [0.25, 0.3) is 0 Å². The summed E-state index contributed by atoms with van der Waals surface area (Å²) in [7, 11) is -0.603. The molecular formula is C28H35BN2O6. The van der Waals surface area contributed by atoms with Crippen molar-refractivity contribution in [2.75, 3.05) is 13.2 Å². The predicted octanol–water partition coefficient (Wildman–Crippen LogP) is 4.12. The maximum Gasteiger partial charge on any atom is 0.482 e. The molecule has 1 N–H and O–H groups in total. The van der Waals surface area contributed by atoms with Crippen molar-refractivity contribution in [3.8, 4) is 0 Å². The summed E-state index contributed by atoms with van der Waals surface area (Å²) in [6.07, 6.45) is 5.88. The summed E-state index contributed by atoms with van der Waals surface area (Å²) in [6.45, 7) is 11.2. The number of amides is 2. The highest BCUT2D eigenvalue weighted by Crippen LogP contribution is 2.65. The summed E-state index contributed by atoms with van der Waals surface area (Å²) >= 11 is 0. The average molecular weight is 506 g/mol. The third-order valence-corrected chi connectivity index (χ3v) is 9.61. The molecule has 2 amide bonds. The number of furan rings is 1. The van der Waals surface area contributed by atoms with Crippen LogP contribution in [-0.2, 0) is 25.3 Å². The van der Waals surface area contributed by atoms with E-state index in [1.54, 1.807) is 11.2 Å². The highest BCUT2D eigenvalue weighted by Gasteiger charge is 2.68. The molecule has 37 heavy (non-hydrogen) atoms. The topological polar surface area (TPSA) is 90.2 Å². The second kappa shape index (κ2) is 8.91. The van der Waals surface area contributed by atoms with Gasteiger partial charge in [-0.15, -0.1) is 0 Å². The second-order valence-corrected chi connectivity index (χ2v) is 11.8. The zero-order chi connectivity index (χ0) is 25.9. The van der Waals surface area contributed by atoms with Crippen molar-refractivity contribution >= 4 is 30.1 Å². The van der Waals surface area contributed by atoms with E-state index < -0.39 is 19.2 Å². The zero-order valence-electron chi connectivity index (χ0n) is 21.8. The Balaban J connectivity index is 1.18. The number of ether oxygens (including phenoxy) is 1. The molecule has 0 unspecified atom stereocenters. The number of fused-ring (bicyclic) bond motifs is 1. The van der Waals surface area contributed by atoms with Gasteiger partial charge in [0.05, 0.1) is 30.0 Å². The van der Waals surface area contributed by atoms with Crippen LogP contribution in [0.5, 0.6) is 0 Å². The number of benzene rings is 1. The predicted molar refractivity (Wildman–Crippen MR) is 139 cm³/mol. The number of hydrogen-bond acceptors (Lipinski definition) is 6. The van der Waals surface area contributed by atoms with Crippen LogP contribution in [0.4, 0.5) is 4.79 Å². The molecule has 3 heterocycles. The minimum absolute atomic E-state index is 0.00383. The van der Waals surface area contributed by atoms with Gasteiger partial charge in [-0.05, 0) is 67.6 Å². The Morgan fingerprint density at radius 3 is 2.84 bits per heavy atom. The molecule has 5 fully saturated rings. The smallest absolute Gasteiger partial charge is 0.464 e. The molecule has 2 aliphatic heterocycles. The van der Waals surface area contributed by atoms with Crippen LogP contribution in [0.3, 0.4) is 0 Å². The van der Waals surface area contributed by atoms with E-state index in [0.29, 0.717) is 24.8 Å². The minimum atomic E-state index is -0.603. The highest BCUT2D eigenvalue weighted by atomic mass is 16.7. The van der Waals surface area contributed by atoms with Crippen molar-refractivity contribution in [2.45, 2.75) is 70.1 Å². The lowest BCUT2D eigenvalue weighted by atomic mass is 9.43. The fourth-order valence-corrected chi connectivity index (χ4v) is 7.10. The molecule has 6 atom stereocenters. The molecule has 3 saturated carbocycles. The lowest BCUT2D eigenvalue weighted by molar-refractivity contribution is -0.199. The highest BCUT2D eigenvalue weighted by molar-refractivity contribution is 6.48. The van der Waals surface area contributed by atoms with Crippen LogP contribution >= 0.6 is 0 Å². The molecule has 1 aromatic heterocycles. The number of rotatable bonds is 7. The quantitative estimate of drug-likeness (QED) is 0.449. The molecule has 1 aromatic carbocycles. The summed E-state index contributed by atoms with van der Waals surface area (Å²) in [6, 6.07) is 7.73. The van der Waals surface area contributed by atoms with Gasteiger partial charge in [0, 0.05) is 11.9 Å². The van der Waals surface area contributed by atoms with Gasteiger partial charge in [-0.3, -0.25) is 4.79 Å². The molecule has 7 rings (SSSR count). The molecule has 196 valence electrons. The maximum absolute atomic E-state index is 13.0. The molecule has 2 aromatic rings. The van der Waals surface area contributed by atoms with Gasteiger partial charge in [0.1, 0.15) is 12.2 Å². The largest absolute Gasteiger partial charge is 0.482 e. The fraction of sp³-hybridized carbons (Fsp3) is 0.571. The molecule has 9 heteroatoms. The van der Waals surface area contributed by atoms with Gasteiger partial charge in [-0.1, -0.05) is 38.6 Å². The number of carbonyl (C=O) groups is 2. The van der Waals surface area contributed by atoms with E-state index in [1.807, 2.05) is 24.3 Å². The van der Waals surface area contributed by atoms with Crippen molar-refractivity contribution in [1.29, 1.82) is 0 Å². The molecule has 8 nitrogen and oxygen atoms in total. The number of carbonyl (C=O) groups excluding carboxylic acids is 2. The minimum Gasteiger partial charge on any atom is -0.464 e. The fourth-order valence-electron chi connectivity index (χ4n) is 7.10. The lowest BCUT2D eigenvalue weighted by Crippen LogP contribution is -2.65. The van der Waals surface area contributed by atoms with E-state index >= 15 is 0 Å². The van der Waals surface area contributed by atoms with Crippen molar-refractivity contribution in [3.63, 3.8) is 0 Å². The summed E-state index contributed by atoms with van der Waals surface area (Å²) in [5.74, 6) is 0.442. The first-order valence-electron chi connectivity index (χ1n) is 13.4. The van der Waals surface area contributed by atoms with Gasteiger partial charge in [0.2, 0.25) is 5.91 Å². The first-order chi connectivity index (χ1) is 17.7. The van der Waals surface area contributed by atoms with Crippen LogP contribution in [0, 0.1) is 17.3 Å². The number of nitrogens with zero attached hydrogens (tertiary/aromatic N) is 1. The molecule has 0 spiro atoms. The summed E-state index contributed by atoms with van der Waals surface area (Å²) in [5, 5.41) is 4.02. The van der Waals surface area contributed by atoms with Crippen molar-refractivity contribution in [3.05, 3.63) is 48.7 Å².